The van der Waals surface area contributed by atoms with Gasteiger partial charge in [0.2, 0.25) is 0 Å². The zero-order valence-corrected chi connectivity index (χ0v) is 7.43. The van der Waals surface area contributed by atoms with E-state index in [-0.39, 0.29) is 12.4 Å². The van der Waals surface area contributed by atoms with Crippen molar-refractivity contribution in [3.63, 3.8) is 0 Å². The molecule has 0 amide bonds. The molecule has 0 heterocycles. The van der Waals surface area contributed by atoms with E-state index >= 15 is 0 Å². The van der Waals surface area contributed by atoms with Crippen LogP contribution < -0.4 is 18.1 Å². The molecular weight excluding hydrogens is 158 g/mol. The maximum atomic E-state index is 5.41. The van der Waals surface area contributed by atoms with E-state index in [0.29, 0.717) is 0 Å². The second-order valence-corrected chi connectivity index (χ2v) is 2.53. The number of hydrogen-bond acceptors (Lipinski definition) is 1. The minimum Gasteiger partial charge on any atom is -1.00 e. The van der Waals surface area contributed by atoms with Crippen molar-refractivity contribution in [3.05, 3.63) is 35.4 Å². The Morgan fingerprint density at radius 1 is 1.36 bits per heavy atom. The van der Waals surface area contributed by atoms with E-state index in [1.807, 2.05) is 0 Å². The molecule has 0 saturated heterocycles. The van der Waals surface area contributed by atoms with Crippen molar-refractivity contribution in [2.45, 2.75) is 13.3 Å². The average Bonchev–Trinajstić information content (AvgIpc) is 1.88. The van der Waals surface area contributed by atoms with E-state index in [1.54, 1.807) is 0 Å². The molecule has 62 valence electrons. The van der Waals surface area contributed by atoms with Crippen molar-refractivity contribution in [2.24, 2.45) is 5.73 Å². The van der Waals surface area contributed by atoms with Crippen molar-refractivity contribution in [1.82, 2.24) is 0 Å². The van der Waals surface area contributed by atoms with Crippen molar-refractivity contribution in [1.29, 1.82) is 0 Å². The first-order chi connectivity index (χ1) is 4.83. The van der Waals surface area contributed by atoms with E-state index in [9.17, 15) is 0 Å². The Kier molecular flexibility index (Phi) is 4.92. The Morgan fingerprint density at radius 2 is 2.09 bits per heavy atom. The third-order valence-electron chi connectivity index (χ3n) is 1.52. The maximum Gasteiger partial charge on any atom is -0.00367 e. The first-order valence-corrected chi connectivity index (χ1v) is 3.58. The van der Waals surface area contributed by atoms with Crippen LogP contribution in [0.5, 0.6) is 0 Å². The topological polar surface area (TPSA) is 26.0 Å². The van der Waals surface area contributed by atoms with E-state index in [4.69, 9.17) is 5.73 Å². The van der Waals surface area contributed by atoms with Gasteiger partial charge in [0.05, 0.1) is 0 Å². The van der Waals surface area contributed by atoms with Gasteiger partial charge in [0, 0.05) is 0 Å². The van der Waals surface area contributed by atoms with Crippen LogP contribution in [0.15, 0.2) is 24.3 Å². The molecule has 1 aromatic rings. The van der Waals surface area contributed by atoms with E-state index < -0.39 is 0 Å². The van der Waals surface area contributed by atoms with Crippen LogP contribution in [0.2, 0.25) is 0 Å². The Morgan fingerprint density at radius 3 is 2.64 bits per heavy atom. The summed E-state index contributed by atoms with van der Waals surface area (Å²) in [5, 5.41) is 0. The molecule has 0 unspecified atom stereocenters. The lowest BCUT2D eigenvalue weighted by Crippen LogP contribution is -3.00. The van der Waals surface area contributed by atoms with Gasteiger partial charge in [0.15, 0.2) is 0 Å². The normalized spacial score (nSPS) is 8.91. The molecule has 0 spiro atoms. The van der Waals surface area contributed by atoms with E-state index in [2.05, 4.69) is 31.2 Å². The summed E-state index contributed by atoms with van der Waals surface area (Å²) in [5.74, 6) is 0. The fraction of sp³-hybridized carbons (Fsp3) is 0.333. The summed E-state index contributed by atoms with van der Waals surface area (Å²) in [6.45, 7) is 2.84. The average molecular weight is 171 g/mol. The van der Waals surface area contributed by atoms with Crippen LogP contribution in [0.1, 0.15) is 11.1 Å². The smallest absolute Gasteiger partial charge is 0.00367 e. The quantitative estimate of drug-likeness (QED) is 0.575. The minimum absolute atomic E-state index is 0. The summed E-state index contributed by atoms with van der Waals surface area (Å²) in [6, 6.07) is 8.45. The first kappa shape index (κ1) is 10.5. The molecule has 11 heavy (non-hydrogen) atoms. The highest BCUT2D eigenvalue weighted by Crippen LogP contribution is 2.03. The number of rotatable bonds is 2. The fourth-order valence-corrected chi connectivity index (χ4v) is 1.03. The van der Waals surface area contributed by atoms with Crippen LogP contribution in [0, 0.1) is 6.92 Å². The van der Waals surface area contributed by atoms with Crippen molar-refractivity contribution < 1.29 is 12.4 Å². The minimum atomic E-state index is 0. The number of nitrogens with two attached hydrogens (primary N) is 1. The van der Waals surface area contributed by atoms with Crippen LogP contribution in [-0.2, 0) is 6.42 Å². The molecule has 0 radical (unpaired) electrons. The third-order valence-corrected chi connectivity index (χ3v) is 1.52. The van der Waals surface area contributed by atoms with Crippen molar-refractivity contribution in [2.75, 3.05) is 6.54 Å². The highest BCUT2D eigenvalue weighted by Gasteiger charge is 1.89. The highest BCUT2D eigenvalue weighted by atomic mass is 35.5. The standard InChI is InChI=1S/C9H13N.ClH/c1-8-3-2-4-9(7-8)5-6-10;/h2-4,7H,5-6,10H2,1H3;1H/p-1. The molecule has 2 N–H and O–H groups in total. The van der Waals surface area contributed by atoms with Crippen molar-refractivity contribution >= 4 is 0 Å². The molecule has 0 saturated carbocycles. The molecule has 1 rings (SSSR count). The molecule has 0 aromatic heterocycles. The van der Waals surface area contributed by atoms with Crippen LogP contribution >= 0.6 is 0 Å². The van der Waals surface area contributed by atoms with Crippen LogP contribution in [-0.4, -0.2) is 6.54 Å². The predicted molar refractivity (Wildman–Crippen MR) is 43.9 cm³/mol. The van der Waals surface area contributed by atoms with E-state index in [1.165, 1.54) is 11.1 Å². The molecule has 2 heteroatoms. The van der Waals surface area contributed by atoms with Gasteiger partial charge in [-0.05, 0) is 25.5 Å². The zero-order valence-electron chi connectivity index (χ0n) is 6.68. The summed E-state index contributed by atoms with van der Waals surface area (Å²) < 4.78 is 0. The van der Waals surface area contributed by atoms with Gasteiger partial charge in [-0.15, -0.1) is 0 Å². The third kappa shape index (κ3) is 3.40. The molecule has 0 atom stereocenters. The maximum absolute atomic E-state index is 5.41. The second-order valence-electron chi connectivity index (χ2n) is 2.53. The molecule has 1 aromatic carbocycles. The number of aryl methyl sites for hydroxylation is 1. The Balaban J connectivity index is 0.000001000. The summed E-state index contributed by atoms with van der Waals surface area (Å²) in [5.41, 5.74) is 8.06. The number of halogens is 1. The molecule has 0 aliphatic carbocycles. The SMILES string of the molecule is Cc1cccc(CCN)c1.[Cl-]. The Hall–Kier alpha value is -0.530. The summed E-state index contributed by atoms with van der Waals surface area (Å²) in [6.07, 6.45) is 0.988. The molecule has 0 fully saturated rings. The van der Waals surface area contributed by atoms with Crippen LogP contribution in [0.3, 0.4) is 0 Å². The van der Waals surface area contributed by atoms with Gasteiger partial charge >= 0.3 is 0 Å². The lowest BCUT2D eigenvalue weighted by atomic mass is 10.1. The Labute approximate surface area is 74.0 Å². The predicted octanol–water partition coefficient (Wildman–Crippen LogP) is -1.50. The van der Waals surface area contributed by atoms with Gasteiger partial charge in [0.1, 0.15) is 0 Å². The molecule has 0 bridgehead atoms. The fourth-order valence-electron chi connectivity index (χ4n) is 1.03. The van der Waals surface area contributed by atoms with E-state index in [0.717, 1.165) is 13.0 Å². The van der Waals surface area contributed by atoms with Gasteiger partial charge in [-0.2, -0.15) is 0 Å². The van der Waals surface area contributed by atoms with Gasteiger partial charge in [-0.25, -0.2) is 0 Å². The zero-order chi connectivity index (χ0) is 7.40. The van der Waals surface area contributed by atoms with Crippen LogP contribution in [0.4, 0.5) is 0 Å². The van der Waals surface area contributed by atoms with Gasteiger partial charge in [-0.1, -0.05) is 29.8 Å². The highest BCUT2D eigenvalue weighted by molar-refractivity contribution is 5.22. The summed E-state index contributed by atoms with van der Waals surface area (Å²) in [7, 11) is 0. The number of benzene rings is 1. The van der Waals surface area contributed by atoms with Crippen LogP contribution in [0.25, 0.3) is 0 Å². The summed E-state index contributed by atoms with van der Waals surface area (Å²) in [4.78, 5) is 0. The monoisotopic (exact) mass is 170 g/mol. The van der Waals surface area contributed by atoms with Crippen molar-refractivity contribution in [3.8, 4) is 0 Å². The molecule has 0 aliphatic heterocycles. The number of hydrogen-bond donors (Lipinski definition) is 1. The summed E-state index contributed by atoms with van der Waals surface area (Å²) >= 11 is 0. The lowest BCUT2D eigenvalue weighted by molar-refractivity contribution is -0.00000226. The van der Waals surface area contributed by atoms with Gasteiger partial charge in [0.25, 0.3) is 0 Å². The molecule has 0 aliphatic rings. The first-order valence-electron chi connectivity index (χ1n) is 3.58. The lowest BCUT2D eigenvalue weighted by Gasteiger charge is -1.98. The molecular formula is C9H13ClN-. The largest absolute Gasteiger partial charge is 1.00 e. The van der Waals surface area contributed by atoms with Gasteiger partial charge in [-0.3, -0.25) is 0 Å². The second kappa shape index (κ2) is 5.16. The Bertz CT molecular complexity index is 210. The van der Waals surface area contributed by atoms with Gasteiger partial charge < -0.3 is 18.1 Å². The molecule has 1 nitrogen and oxygen atoms in total.